The summed E-state index contributed by atoms with van der Waals surface area (Å²) in [7, 11) is 0. The molecule has 2 amide bonds. The average molecular weight is 431 g/mol. The second-order valence-corrected chi connectivity index (χ2v) is 10.4. The quantitative estimate of drug-likeness (QED) is 0.677. The predicted molar refractivity (Wildman–Crippen MR) is 119 cm³/mol. The zero-order chi connectivity index (χ0) is 22.1. The average Bonchev–Trinajstić information content (AvgIpc) is 3.14. The van der Waals surface area contributed by atoms with Gasteiger partial charge in [-0.1, -0.05) is 46.8 Å². The Morgan fingerprint density at radius 2 is 1.87 bits per heavy atom. The SMILES string of the molecule is CC(C)CN(CC(=O)N1CCc2sccc2[C@@H]1c1ccc(F)cc1)C(=O)C(C)(C)C. The molecular formula is C24H31FN2O2S. The van der Waals surface area contributed by atoms with Crippen molar-refractivity contribution in [3.63, 3.8) is 0 Å². The van der Waals surface area contributed by atoms with E-state index in [0.29, 0.717) is 13.1 Å². The molecule has 0 fully saturated rings. The number of carbonyl (C=O) groups is 2. The van der Waals surface area contributed by atoms with E-state index in [9.17, 15) is 14.0 Å². The van der Waals surface area contributed by atoms with E-state index in [4.69, 9.17) is 0 Å². The van der Waals surface area contributed by atoms with Crippen molar-refractivity contribution < 1.29 is 14.0 Å². The molecule has 1 aromatic heterocycles. The van der Waals surface area contributed by atoms with Crippen LogP contribution in [0.15, 0.2) is 35.7 Å². The fraction of sp³-hybridized carbons (Fsp3) is 0.500. The van der Waals surface area contributed by atoms with Gasteiger partial charge in [-0.15, -0.1) is 11.3 Å². The number of thiophene rings is 1. The van der Waals surface area contributed by atoms with Gasteiger partial charge in [0.1, 0.15) is 5.82 Å². The summed E-state index contributed by atoms with van der Waals surface area (Å²) in [4.78, 5) is 31.3. The summed E-state index contributed by atoms with van der Waals surface area (Å²) in [6.07, 6.45) is 0.799. The minimum Gasteiger partial charge on any atom is -0.333 e. The van der Waals surface area contributed by atoms with Gasteiger partial charge >= 0.3 is 0 Å². The predicted octanol–water partition coefficient (Wildman–Crippen LogP) is 4.89. The van der Waals surface area contributed by atoms with Gasteiger partial charge in [0.2, 0.25) is 11.8 Å². The monoisotopic (exact) mass is 430 g/mol. The molecule has 1 aliphatic rings. The Labute approximate surface area is 182 Å². The summed E-state index contributed by atoms with van der Waals surface area (Å²) in [6, 6.07) is 8.18. The Bertz CT molecular complexity index is 899. The van der Waals surface area contributed by atoms with Crippen LogP contribution in [0.4, 0.5) is 4.39 Å². The Balaban J connectivity index is 1.90. The van der Waals surface area contributed by atoms with Crippen molar-refractivity contribution in [3.05, 3.63) is 57.5 Å². The summed E-state index contributed by atoms with van der Waals surface area (Å²) in [6.45, 7) is 10.9. The first kappa shape index (κ1) is 22.5. The molecule has 2 aromatic rings. The smallest absolute Gasteiger partial charge is 0.242 e. The molecule has 1 aliphatic heterocycles. The van der Waals surface area contributed by atoms with Gasteiger partial charge in [-0.25, -0.2) is 4.39 Å². The van der Waals surface area contributed by atoms with Crippen LogP contribution in [0, 0.1) is 17.2 Å². The molecule has 0 saturated heterocycles. The minimum atomic E-state index is -0.548. The third-order valence-electron chi connectivity index (χ3n) is 5.31. The summed E-state index contributed by atoms with van der Waals surface area (Å²) >= 11 is 1.69. The molecule has 0 radical (unpaired) electrons. The Kier molecular flexibility index (Phi) is 6.65. The molecule has 2 heterocycles. The fourth-order valence-electron chi connectivity index (χ4n) is 3.98. The van der Waals surface area contributed by atoms with Crippen LogP contribution in [-0.2, 0) is 16.0 Å². The lowest BCUT2D eigenvalue weighted by molar-refractivity contribution is -0.146. The van der Waals surface area contributed by atoms with Crippen LogP contribution in [0.2, 0.25) is 0 Å². The number of benzene rings is 1. The van der Waals surface area contributed by atoms with Crippen LogP contribution in [0.25, 0.3) is 0 Å². The van der Waals surface area contributed by atoms with Gasteiger partial charge in [-0.3, -0.25) is 9.59 Å². The Morgan fingerprint density at radius 3 is 2.47 bits per heavy atom. The maximum atomic E-state index is 13.5. The van der Waals surface area contributed by atoms with Gasteiger partial charge in [-0.2, -0.15) is 0 Å². The number of nitrogens with zero attached hydrogens (tertiary/aromatic N) is 2. The van der Waals surface area contributed by atoms with Crippen molar-refractivity contribution in [3.8, 4) is 0 Å². The zero-order valence-corrected chi connectivity index (χ0v) is 19.3. The van der Waals surface area contributed by atoms with Gasteiger partial charge in [-0.05, 0) is 47.0 Å². The van der Waals surface area contributed by atoms with E-state index < -0.39 is 5.41 Å². The molecule has 0 N–H and O–H groups in total. The number of carbonyl (C=O) groups excluding carboxylic acids is 2. The van der Waals surface area contributed by atoms with E-state index in [-0.39, 0.29) is 36.1 Å². The molecule has 0 unspecified atom stereocenters. The number of amides is 2. The molecule has 3 rings (SSSR count). The molecule has 30 heavy (non-hydrogen) atoms. The minimum absolute atomic E-state index is 0.0175. The number of rotatable bonds is 5. The van der Waals surface area contributed by atoms with Crippen LogP contribution in [0.5, 0.6) is 0 Å². The van der Waals surface area contributed by atoms with Gasteiger partial charge in [0.25, 0.3) is 0 Å². The van der Waals surface area contributed by atoms with E-state index in [2.05, 4.69) is 6.07 Å². The second-order valence-electron chi connectivity index (χ2n) is 9.42. The van der Waals surface area contributed by atoms with Crippen molar-refractivity contribution >= 4 is 23.2 Å². The van der Waals surface area contributed by atoms with Crippen molar-refractivity contribution in [2.24, 2.45) is 11.3 Å². The maximum Gasteiger partial charge on any atom is 0.242 e. The molecule has 6 heteroatoms. The lowest BCUT2D eigenvalue weighted by atomic mass is 9.92. The molecule has 1 aromatic carbocycles. The van der Waals surface area contributed by atoms with E-state index in [1.807, 2.05) is 44.9 Å². The van der Waals surface area contributed by atoms with Crippen LogP contribution >= 0.6 is 11.3 Å². The topological polar surface area (TPSA) is 40.6 Å². The molecule has 0 spiro atoms. The second kappa shape index (κ2) is 8.88. The van der Waals surface area contributed by atoms with Crippen LogP contribution in [-0.4, -0.2) is 41.2 Å². The van der Waals surface area contributed by atoms with Gasteiger partial charge in [0, 0.05) is 23.4 Å². The highest BCUT2D eigenvalue weighted by Gasteiger charge is 2.35. The molecule has 4 nitrogen and oxygen atoms in total. The lowest BCUT2D eigenvalue weighted by Gasteiger charge is -2.38. The number of hydrogen-bond acceptors (Lipinski definition) is 3. The zero-order valence-electron chi connectivity index (χ0n) is 18.4. The summed E-state index contributed by atoms with van der Waals surface area (Å²) in [5, 5.41) is 2.05. The molecule has 0 bridgehead atoms. The van der Waals surface area contributed by atoms with E-state index in [1.165, 1.54) is 17.0 Å². The van der Waals surface area contributed by atoms with Gasteiger partial charge in [0.15, 0.2) is 0 Å². The van der Waals surface area contributed by atoms with Gasteiger partial charge < -0.3 is 9.80 Å². The molecule has 0 saturated carbocycles. The van der Waals surface area contributed by atoms with E-state index >= 15 is 0 Å². The highest BCUT2D eigenvalue weighted by molar-refractivity contribution is 7.10. The van der Waals surface area contributed by atoms with Crippen LogP contribution in [0.3, 0.4) is 0 Å². The number of hydrogen-bond donors (Lipinski definition) is 0. The Hall–Kier alpha value is -2.21. The van der Waals surface area contributed by atoms with E-state index in [0.717, 1.165) is 17.5 Å². The first-order valence-electron chi connectivity index (χ1n) is 10.5. The normalized spacial score (nSPS) is 16.5. The summed E-state index contributed by atoms with van der Waals surface area (Å²) in [5.74, 6) is -0.116. The highest BCUT2D eigenvalue weighted by Crippen LogP contribution is 2.38. The summed E-state index contributed by atoms with van der Waals surface area (Å²) in [5.41, 5.74) is 1.44. The van der Waals surface area contributed by atoms with Crippen molar-refractivity contribution in [1.82, 2.24) is 9.80 Å². The van der Waals surface area contributed by atoms with Crippen molar-refractivity contribution in [2.75, 3.05) is 19.6 Å². The molecule has 162 valence electrons. The first-order chi connectivity index (χ1) is 14.1. The van der Waals surface area contributed by atoms with E-state index in [1.54, 1.807) is 28.4 Å². The number of fused-ring (bicyclic) bond motifs is 1. The summed E-state index contributed by atoms with van der Waals surface area (Å²) < 4.78 is 13.5. The first-order valence-corrected chi connectivity index (χ1v) is 11.4. The Morgan fingerprint density at radius 1 is 1.20 bits per heavy atom. The van der Waals surface area contributed by atoms with Crippen molar-refractivity contribution in [1.29, 1.82) is 0 Å². The van der Waals surface area contributed by atoms with Crippen molar-refractivity contribution in [2.45, 2.75) is 47.1 Å². The lowest BCUT2D eigenvalue weighted by Crippen LogP contribution is -2.49. The molecule has 0 aliphatic carbocycles. The standard InChI is InChI=1S/C24H31FN2O2S/c1-16(2)14-26(23(29)24(3,4)5)15-21(28)27-12-10-20-19(11-13-30-20)22(27)17-6-8-18(25)9-7-17/h6-9,11,13,16,22H,10,12,14-15H2,1-5H3/t22-/m0/s1. The van der Waals surface area contributed by atoms with Crippen LogP contribution < -0.4 is 0 Å². The molecular weight excluding hydrogens is 399 g/mol. The third kappa shape index (κ3) is 4.91. The molecule has 1 atom stereocenters. The van der Waals surface area contributed by atoms with Gasteiger partial charge in [0.05, 0.1) is 12.6 Å². The largest absolute Gasteiger partial charge is 0.333 e. The fourth-order valence-corrected chi connectivity index (χ4v) is 4.88. The number of halogens is 1. The maximum absolute atomic E-state index is 13.5. The van der Waals surface area contributed by atoms with Crippen LogP contribution in [0.1, 0.15) is 56.7 Å². The third-order valence-corrected chi connectivity index (χ3v) is 6.31. The highest BCUT2D eigenvalue weighted by atomic mass is 32.1.